The number of H-pyrrole nitrogens is 2. The van der Waals surface area contributed by atoms with Crippen molar-refractivity contribution in [3.8, 4) is 17.0 Å². The second-order valence-electron chi connectivity index (χ2n) is 7.57. The van der Waals surface area contributed by atoms with E-state index in [-0.39, 0.29) is 5.91 Å². The molecule has 0 radical (unpaired) electrons. The van der Waals surface area contributed by atoms with Crippen molar-refractivity contribution in [2.75, 3.05) is 13.7 Å². The Kier molecular flexibility index (Phi) is 4.15. The molecule has 1 aliphatic carbocycles. The van der Waals surface area contributed by atoms with Gasteiger partial charge in [-0.15, -0.1) is 0 Å². The molecule has 144 valence electrons. The zero-order valence-corrected chi connectivity index (χ0v) is 15.9. The van der Waals surface area contributed by atoms with Crippen molar-refractivity contribution in [3.63, 3.8) is 0 Å². The Labute approximate surface area is 163 Å². The van der Waals surface area contributed by atoms with Gasteiger partial charge in [-0.25, -0.2) is 0 Å². The van der Waals surface area contributed by atoms with Gasteiger partial charge in [0.25, 0.3) is 5.91 Å². The molecule has 0 unspecified atom stereocenters. The minimum Gasteiger partial charge on any atom is -0.497 e. The molecule has 1 amide bonds. The summed E-state index contributed by atoms with van der Waals surface area (Å²) in [6, 6.07) is 9.47. The number of nitrogens with zero attached hydrogens (tertiary/aromatic N) is 3. The number of nitrogens with one attached hydrogen (secondary N) is 2. The Morgan fingerprint density at radius 1 is 1.18 bits per heavy atom. The molecule has 2 aromatic heterocycles. The van der Waals surface area contributed by atoms with Crippen molar-refractivity contribution in [2.24, 2.45) is 0 Å². The van der Waals surface area contributed by atoms with Gasteiger partial charge in [0.15, 0.2) is 0 Å². The van der Waals surface area contributed by atoms with Crippen LogP contribution in [-0.4, -0.2) is 44.9 Å². The highest BCUT2D eigenvalue weighted by Gasteiger charge is 2.31. The van der Waals surface area contributed by atoms with E-state index < -0.39 is 0 Å². The quantitative estimate of drug-likeness (QED) is 0.730. The van der Waals surface area contributed by atoms with E-state index in [9.17, 15) is 4.79 Å². The molecule has 1 aliphatic heterocycles. The van der Waals surface area contributed by atoms with Gasteiger partial charge in [0, 0.05) is 42.2 Å². The molecule has 3 heterocycles. The molecule has 1 fully saturated rings. The van der Waals surface area contributed by atoms with Crippen LogP contribution in [0.5, 0.6) is 5.75 Å². The number of methoxy groups -OCH3 is 1. The Bertz CT molecular complexity index is 1000. The average Bonchev–Trinajstić information content (AvgIpc) is 3.34. The number of benzene rings is 1. The van der Waals surface area contributed by atoms with Crippen LogP contribution in [-0.2, 0) is 13.0 Å². The lowest BCUT2D eigenvalue weighted by Gasteiger charge is -2.30. The SMILES string of the molecule is COc1ccc(-c2cc(C(=O)N3CCc4[nH]nc(C5CCC5)c4C3)[nH]n2)cc1. The Morgan fingerprint density at radius 2 is 2.00 bits per heavy atom. The van der Waals surface area contributed by atoms with E-state index in [0.29, 0.717) is 24.7 Å². The van der Waals surface area contributed by atoms with E-state index in [1.54, 1.807) is 7.11 Å². The minimum absolute atomic E-state index is 0.0151. The normalized spacial score (nSPS) is 16.5. The molecule has 0 bridgehead atoms. The van der Waals surface area contributed by atoms with E-state index in [4.69, 9.17) is 4.74 Å². The van der Waals surface area contributed by atoms with Crippen molar-refractivity contribution in [1.29, 1.82) is 0 Å². The Balaban J connectivity index is 1.34. The van der Waals surface area contributed by atoms with Gasteiger partial charge in [0.05, 0.1) is 18.5 Å². The zero-order chi connectivity index (χ0) is 19.1. The summed E-state index contributed by atoms with van der Waals surface area (Å²) in [7, 11) is 1.64. The van der Waals surface area contributed by atoms with Crippen LogP contribution < -0.4 is 4.74 Å². The molecule has 0 spiro atoms. The molecule has 5 rings (SSSR count). The molecule has 2 aliphatic rings. The van der Waals surface area contributed by atoms with Crippen molar-refractivity contribution in [2.45, 2.75) is 38.1 Å². The standard InChI is InChI=1S/C21H23N5O2/c1-28-15-7-5-13(6-8-15)18-11-19(24-23-18)21(27)26-10-9-17-16(12-26)20(25-22-17)14-3-2-4-14/h5-8,11,14H,2-4,9-10,12H2,1H3,(H,22,25)(H,23,24). The molecule has 7 nitrogen and oxygen atoms in total. The second-order valence-corrected chi connectivity index (χ2v) is 7.57. The van der Waals surface area contributed by atoms with Gasteiger partial charge >= 0.3 is 0 Å². The van der Waals surface area contributed by atoms with Crippen molar-refractivity contribution in [3.05, 3.63) is 53.0 Å². The van der Waals surface area contributed by atoms with Crippen molar-refractivity contribution < 1.29 is 9.53 Å². The topological polar surface area (TPSA) is 86.9 Å². The molecule has 28 heavy (non-hydrogen) atoms. The summed E-state index contributed by atoms with van der Waals surface area (Å²) in [6.07, 6.45) is 4.51. The van der Waals surface area contributed by atoms with Crippen LogP contribution >= 0.6 is 0 Å². The molecule has 3 aromatic rings. The van der Waals surface area contributed by atoms with Crippen LogP contribution in [0.2, 0.25) is 0 Å². The number of ether oxygens (including phenoxy) is 1. The Hall–Kier alpha value is -3.09. The molecule has 1 aromatic carbocycles. The molecular weight excluding hydrogens is 354 g/mol. The van der Waals surface area contributed by atoms with E-state index in [1.807, 2.05) is 35.2 Å². The van der Waals surface area contributed by atoms with E-state index >= 15 is 0 Å². The van der Waals surface area contributed by atoms with Gasteiger partial charge in [-0.2, -0.15) is 10.2 Å². The monoisotopic (exact) mass is 377 g/mol. The predicted molar refractivity (Wildman–Crippen MR) is 104 cm³/mol. The fourth-order valence-corrected chi connectivity index (χ4v) is 4.02. The minimum atomic E-state index is -0.0151. The van der Waals surface area contributed by atoms with Gasteiger partial charge < -0.3 is 9.64 Å². The lowest BCUT2D eigenvalue weighted by Crippen LogP contribution is -2.36. The molecule has 1 saturated carbocycles. The zero-order valence-electron chi connectivity index (χ0n) is 15.9. The number of aromatic nitrogens is 4. The number of aromatic amines is 2. The lowest BCUT2D eigenvalue weighted by atomic mass is 9.81. The van der Waals surface area contributed by atoms with E-state index in [1.165, 1.54) is 36.2 Å². The van der Waals surface area contributed by atoms with Crippen molar-refractivity contribution >= 4 is 5.91 Å². The average molecular weight is 377 g/mol. The highest BCUT2D eigenvalue weighted by atomic mass is 16.5. The summed E-state index contributed by atoms with van der Waals surface area (Å²) < 4.78 is 5.19. The summed E-state index contributed by atoms with van der Waals surface area (Å²) in [5, 5.41) is 15.0. The smallest absolute Gasteiger partial charge is 0.272 e. The first kappa shape index (κ1) is 17.0. The molecule has 2 N–H and O–H groups in total. The number of hydrogen-bond donors (Lipinski definition) is 2. The number of fused-ring (bicyclic) bond motifs is 1. The second kappa shape index (κ2) is 6.82. The summed E-state index contributed by atoms with van der Waals surface area (Å²) in [5.74, 6) is 1.34. The fraction of sp³-hybridized carbons (Fsp3) is 0.381. The van der Waals surface area contributed by atoms with Crippen LogP contribution in [0.4, 0.5) is 0 Å². The van der Waals surface area contributed by atoms with E-state index in [2.05, 4.69) is 20.4 Å². The van der Waals surface area contributed by atoms with Gasteiger partial charge in [-0.1, -0.05) is 6.42 Å². The van der Waals surface area contributed by atoms with E-state index in [0.717, 1.165) is 23.4 Å². The highest BCUT2D eigenvalue weighted by Crippen LogP contribution is 2.39. The number of carbonyl (C=O) groups is 1. The first-order valence-corrected chi connectivity index (χ1v) is 9.78. The Morgan fingerprint density at radius 3 is 2.71 bits per heavy atom. The number of hydrogen-bond acceptors (Lipinski definition) is 4. The third-order valence-corrected chi connectivity index (χ3v) is 5.94. The van der Waals surface area contributed by atoms with Gasteiger partial charge in [-0.05, 0) is 43.2 Å². The molecule has 7 heteroatoms. The number of rotatable bonds is 4. The first-order chi connectivity index (χ1) is 13.7. The van der Waals surface area contributed by atoms with Gasteiger partial charge in [-0.3, -0.25) is 15.0 Å². The van der Waals surface area contributed by atoms with Gasteiger partial charge in [0.1, 0.15) is 11.4 Å². The third kappa shape index (κ3) is 2.87. The maximum Gasteiger partial charge on any atom is 0.272 e. The van der Waals surface area contributed by atoms with Crippen LogP contribution in [0, 0.1) is 0 Å². The molecular formula is C21H23N5O2. The fourth-order valence-electron chi connectivity index (χ4n) is 4.02. The molecule has 0 saturated heterocycles. The predicted octanol–water partition coefficient (Wildman–Crippen LogP) is 3.27. The van der Waals surface area contributed by atoms with Gasteiger partial charge in [0.2, 0.25) is 0 Å². The van der Waals surface area contributed by atoms with Crippen LogP contribution in [0.1, 0.15) is 52.6 Å². The largest absolute Gasteiger partial charge is 0.497 e. The summed E-state index contributed by atoms with van der Waals surface area (Å²) in [4.78, 5) is 14.9. The maximum atomic E-state index is 13.0. The van der Waals surface area contributed by atoms with Crippen molar-refractivity contribution in [1.82, 2.24) is 25.3 Å². The number of carbonyl (C=O) groups excluding carboxylic acids is 1. The first-order valence-electron chi connectivity index (χ1n) is 9.78. The highest BCUT2D eigenvalue weighted by molar-refractivity contribution is 5.93. The third-order valence-electron chi connectivity index (χ3n) is 5.94. The molecule has 0 atom stereocenters. The summed E-state index contributed by atoms with van der Waals surface area (Å²) in [5.41, 5.74) is 5.79. The van der Waals surface area contributed by atoms with Crippen LogP contribution in [0.15, 0.2) is 30.3 Å². The lowest BCUT2D eigenvalue weighted by molar-refractivity contribution is 0.0727. The summed E-state index contributed by atoms with van der Waals surface area (Å²) in [6.45, 7) is 1.31. The van der Waals surface area contributed by atoms with Crippen LogP contribution in [0.3, 0.4) is 0 Å². The van der Waals surface area contributed by atoms with Crippen LogP contribution in [0.25, 0.3) is 11.3 Å². The number of amides is 1. The maximum absolute atomic E-state index is 13.0. The summed E-state index contributed by atoms with van der Waals surface area (Å²) >= 11 is 0.